The highest BCUT2D eigenvalue weighted by molar-refractivity contribution is 7.07. The van der Waals surface area contributed by atoms with E-state index in [2.05, 4.69) is 20.3 Å². The number of fused-ring (bicyclic) bond motifs is 1. The number of thiazole rings is 1. The Morgan fingerprint density at radius 2 is 2.12 bits per heavy atom. The highest BCUT2D eigenvalue weighted by Gasteiger charge is 2.08. The summed E-state index contributed by atoms with van der Waals surface area (Å²) < 4.78 is 10.5. The van der Waals surface area contributed by atoms with E-state index in [-0.39, 0.29) is 0 Å². The Morgan fingerprint density at radius 1 is 1.19 bits per heavy atom. The Labute approximate surface area is 152 Å². The number of anilines is 2. The summed E-state index contributed by atoms with van der Waals surface area (Å²) in [4.78, 5) is 24.7. The van der Waals surface area contributed by atoms with Gasteiger partial charge in [0.2, 0.25) is 5.95 Å². The normalized spacial score (nSPS) is 11.0. The van der Waals surface area contributed by atoms with Crippen LogP contribution in [0.5, 0.6) is 0 Å². The van der Waals surface area contributed by atoms with Crippen LogP contribution in [0.25, 0.3) is 22.4 Å². The van der Waals surface area contributed by atoms with Crippen LogP contribution in [0.15, 0.2) is 56.6 Å². The van der Waals surface area contributed by atoms with Crippen molar-refractivity contribution in [2.24, 2.45) is 0 Å². The molecule has 0 saturated heterocycles. The molecule has 0 unspecified atom stereocenters. The van der Waals surface area contributed by atoms with Crippen molar-refractivity contribution in [1.82, 2.24) is 15.0 Å². The second-order valence-corrected chi connectivity index (χ2v) is 6.22. The molecule has 0 fully saturated rings. The molecule has 1 N–H and O–H groups in total. The molecule has 3 aromatic heterocycles. The largest absolute Gasteiger partial charge is 0.423 e. The van der Waals surface area contributed by atoms with Gasteiger partial charge in [-0.3, -0.25) is 0 Å². The molecule has 0 aliphatic carbocycles. The fraction of sp³-hybridized carbons (Fsp3) is 0.111. The number of rotatable bonds is 5. The summed E-state index contributed by atoms with van der Waals surface area (Å²) in [6.45, 7) is 0.341. The van der Waals surface area contributed by atoms with E-state index in [4.69, 9.17) is 9.15 Å². The molecule has 0 bridgehead atoms. The molecular formula is C18H14N4O3S. The molecule has 3 heterocycles. The smallest absolute Gasteiger partial charge is 0.336 e. The van der Waals surface area contributed by atoms with Crippen molar-refractivity contribution in [1.29, 1.82) is 0 Å². The number of methoxy groups -OCH3 is 1. The summed E-state index contributed by atoms with van der Waals surface area (Å²) in [6, 6.07) is 8.74. The topological polar surface area (TPSA) is 90.1 Å². The van der Waals surface area contributed by atoms with Crippen LogP contribution in [-0.4, -0.2) is 22.1 Å². The van der Waals surface area contributed by atoms with Gasteiger partial charge in [0.25, 0.3) is 0 Å². The predicted octanol–water partition coefficient (Wildman–Crippen LogP) is 3.60. The second kappa shape index (κ2) is 7.03. The van der Waals surface area contributed by atoms with E-state index in [0.717, 1.165) is 22.3 Å². The maximum atomic E-state index is 11.8. The fourth-order valence-corrected chi connectivity index (χ4v) is 3.16. The average Bonchev–Trinajstić information content (AvgIpc) is 3.16. The average molecular weight is 366 g/mol. The van der Waals surface area contributed by atoms with Crippen LogP contribution in [0.3, 0.4) is 0 Å². The summed E-state index contributed by atoms with van der Waals surface area (Å²) in [7, 11) is 1.59. The van der Waals surface area contributed by atoms with Crippen molar-refractivity contribution in [3.8, 4) is 11.4 Å². The minimum absolute atomic E-state index is 0.341. The highest BCUT2D eigenvalue weighted by atomic mass is 32.1. The molecule has 0 saturated carbocycles. The molecule has 0 amide bonds. The number of ether oxygens (including phenoxy) is 1. The van der Waals surface area contributed by atoms with Gasteiger partial charge in [0.15, 0.2) is 0 Å². The first-order valence-electron chi connectivity index (χ1n) is 7.77. The van der Waals surface area contributed by atoms with E-state index < -0.39 is 5.63 Å². The van der Waals surface area contributed by atoms with E-state index >= 15 is 0 Å². The van der Waals surface area contributed by atoms with Crippen LogP contribution in [0, 0.1) is 0 Å². The van der Waals surface area contributed by atoms with Gasteiger partial charge in [-0.05, 0) is 23.8 Å². The van der Waals surface area contributed by atoms with Crippen LogP contribution < -0.4 is 10.9 Å². The Morgan fingerprint density at radius 3 is 2.92 bits per heavy atom. The standard InChI is InChI=1S/C18H14N4O3S/c1-24-8-11-6-17(23)25-16-7-12(2-3-13(11)16)21-18-19-5-4-14(22-18)15-9-26-10-20-15/h2-7,9-10H,8H2,1H3,(H,19,21,22). The van der Waals surface area contributed by atoms with Crippen LogP contribution in [0.1, 0.15) is 5.56 Å². The van der Waals surface area contributed by atoms with Gasteiger partial charge in [0.05, 0.1) is 23.5 Å². The number of hydrogen-bond donors (Lipinski definition) is 1. The molecule has 4 aromatic rings. The molecule has 130 valence electrons. The molecule has 0 aliphatic rings. The van der Waals surface area contributed by atoms with E-state index in [1.807, 2.05) is 17.5 Å². The Balaban J connectivity index is 1.68. The molecule has 8 heteroatoms. The molecule has 26 heavy (non-hydrogen) atoms. The van der Waals surface area contributed by atoms with E-state index in [0.29, 0.717) is 23.8 Å². The zero-order valence-electron chi connectivity index (χ0n) is 13.8. The van der Waals surface area contributed by atoms with Crippen molar-refractivity contribution in [2.75, 3.05) is 12.4 Å². The first-order valence-corrected chi connectivity index (χ1v) is 8.71. The van der Waals surface area contributed by atoms with E-state index in [1.165, 1.54) is 17.4 Å². The van der Waals surface area contributed by atoms with Gasteiger partial charge in [-0.25, -0.2) is 19.7 Å². The molecule has 4 rings (SSSR count). The van der Waals surface area contributed by atoms with Crippen molar-refractivity contribution >= 4 is 33.9 Å². The zero-order chi connectivity index (χ0) is 17.9. The first-order chi connectivity index (χ1) is 12.7. The zero-order valence-corrected chi connectivity index (χ0v) is 14.6. The molecule has 0 radical (unpaired) electrons. The maximum Gasteiger partial charge on any atom is 0.336 e. The number of hydrogen-bond acceptors (Lipinski definition) is 8. The number of nitrogens with one attached hydrogen (secondary N) is 1. The second-order valence-electron chi connectivity index (χ2n) is 5.50. The number of benzene rings is 1. The summed E-state index contributed by atoms with van der Waals surface area (Å²) in [5.41, 5.74) is 4.85. The van der Waals surface area contributed by atoms with Crippen LogP contribution in [-0.2, 0) is 11.3 Å². The third-order valence-corrected chi connectivity index (χ3v) is 4.32. The molecular weight excluding hydrogens is 352 g/mol. The molecule has 1 aromatic carbocycles. The summed E-state index contributed by atoms with van der Waals surface area (Å²) in [5.74, 6) is 0.435. The van der Waals surface area contributed by atoms with Crippen molar-refractivity contribution in [3.63, 3.8) is 0 Å². The molecule has 0 atom stereocenters. The fourth-order valence-electron chi connectivity index (χ4n) is 2.61. The van der Waals surface area contributed by atoms with Gasteiger partial charge in [-0.1, -0.05) is 0 Å². The van der Waals surface area contributed by atoms with Gasteiger partial charge in [0.1, 0.15) is 5.58 Å². The molecule has 0 aliphatic heterocycles. The van der Waals surface area contributed by atoms with Crippen molar-refractivity contribution in [3.05, 3.63) is 63.4 Å². The monoisotopic (exact) mass is 366 g/mol. The van der Waals surface area contributed by atoms with Crippen LogP contribution in [0.4, 0.5) is 11.6 Å². The lowest BCUT2D eigenvalue weighted by molar-refractivity contribution is 0.185. The lowest BCUT2D eigenvalue weighted by Crippen LogP contribution is -2.02. The van der Waals surface area contributed by atoms with Crippen molar-refractivity contribution < 1.29 is 9.15 Å². The van der Waals surface area contributed by atoms with Gasteiger partial charge in [-0.15, -0.1) is 11.3 Å². The Kier molecular flexibility index (Phi) is 4.42. The predicted molar refractivity (Wildman–Crippen MR) is 99.6 cm³/mol. The first kappa shape index (κ1) is 16.4. The molecule has 7 nitrogen and oxygen atoms in total. The highest BCUT2D eigenvalue weighted by Crippen LogP contribution is 2.24. The SMILES string of the molecule is COCc1cc(=O)oc2cc(Nc3nccc(-c4cscn4)n3)ccc12. The lowest BCUT2D eigenvalue weighted by Gasteiger charge is -2.08. The van der Waals surface area contributed by atoms with Gasteiger partial charge in [0, 0.05) is 41.9 Å². The summed E-state index contributed by atoms with van der Waals surface area (Å²) >= 11 is 1.51. The molecule has 0 spiro atoms. The van der Waals surface area contributed by atoms with Crippen LogP contribution in [0.2, 0.25) is 0 Å². The third kappa shape index (κ3) is 3.32. The minimum atomic E-state index is -0.413. The quantitative estimate of drug-likeness (QED) is 0.540. The maximum absolute atomic E-state index is 11.8. The van der Waals surface area contributed by atoms with Crippen molar-refractivity contribution in [2.45, 2.75) is 6.61 Å². The Bertz CT molecular complexity index is 1110. The summed E-state index contributed by atoms with van der Waals surface area (Å²) in [5, 5.41) is 5.88. The number of nitrogens with zero attached hydrogens (tertiary/aromatic N) is 3. The van der Waals surface area contributed by atoms with E-state index in [9.17, 15) is 4.79 Å². The summed E-state index contributed by atoms with van der Waals surface area (Å²) in [6.07, 6.45) is 1.67. The van der Waals surface area contributed by atoms with Crippen LogP contribution >= 0.6 is 11.3 Å². The van der Waals surface area contributed by atoms with Gasteiger partial charge >= 0.3 is 5.63 Å². The van der Waals surface area contributed by atoms with Gasteiger partial charge < -0.3 is 14.5 Å². The Hall–Kier alpha value is -3.10. The van der Waals surface area contributed by atoms with Gasteiger partial charge in [-0.2, -0.15) is 0 Å². The minimum Gasteiger partial charge on any atom is -0.423 e. The third-order valence-electron chi connectivity index (χ3n) is 3.74. The van der Waals surface area contributed by atoms with E-state index in [1.54, 1.807) is 30.9 Å². The number of aromatic nitrogens is 3. The lowest BCUT2D eigenvalue weighted by atomic mass is 10.1.